The van der Waals surface area contributed by atoms with Crippen molar-refractivity contribution in [2.45, 2.75) is 109 Å². The largest absolute Gasteiger partial charge is 0.442 e. The number of amides is 2. The van der Waals surface area contributed by atoms with Crippen LogP contribution < -0.4 is 5.32 Å². The average molecular weight is 577 g/mol. The van der Waals surface area contributed by atoms with Crippen LogP contribution >= 0.6 is 0 Å². The van der Waals surface area contributed by atoms with E-state index in [0.29, 0.717) is 39.3 Å². The number of rotatable bonds is 8. The molecule has 230 valence electrons. The summed E-state index contributed by atoms with van der Waals surface area (Å²) in [6.45, 7) is 14.6. The predicted molar refractivity (Wildman–Crippen MR) is 153 cm³/mol. The third kappa shape index (κ3) is 8.64. The lowest BCUT2D eigenvalue weighted by molar-refractivity contribution is -0.171. The minimum atomic E-state index is -0.669. The summed E-state index contributed by atoms with van der Waals surface area (Å²) in [5, 5.41) is 13.8. The fourth-order valence-electron chi connectivity index (χ4n) is 5.91. The van der Waals surface area contributed by atoms with Gasteiger partial charge in [-0.3, -0.25) is 4.79 Å². The van der Waals surface area contributed by atoms with Gasteiger partial charge < -0.3 is 39.0 Å². The number of hydrogen-bond donors (Lipinski definition) is 2. The fraction of sp³-hybridized carbons (Fsp3) is 0.742. The van der Waals surface area contributed by atoms with E-state index < -0.39 is 30.0 Å². The van der Waals surface area contributed by atoms with Gasteiger partial charge in [-0.15, -0.1) is 0 Å². The van der Waals surface area contributed by atoms with E-state index in [1.54, 1.807) is 17.9 Å². The maximum absolute atomic E-state index is 12.6. The number of nitrogens with one attached hydrogen (secondary N) is 1. The van der Waals surface area contributed by atoms with Gasteiger partial charge in [0.15, 0.2) is 0 Å². The molecule has 0 aromatic heterocycles. The van der Waals surface area contributed by atoms with Gasteiger partial charge in [-0.25, -0.2) is 4.79 Å². The SMILES string of the molecule is CC(/C=C/[C@H]1OC(C)(C)C[C@@]2(CO2)[C@@H]1O)=C\C[C@@H]1O[C@H](C)[C@H](NC(=O)/C=C/[C@H](C)OC(=O)N2CCOCC2)C[C@@H]1C. The quantitative estimate of drug-likeness (QED) is 0.257. The molecule has 4 aliphatic heterocycles. The monoisotopic (exact) mass is 576 g/mol. The highest BCUT2D eigenvalue weighted by atomic mass is 16.6. The summed E-state index contributed by atoms with van der Waals surface area (Å²) in [5.41, 5.74) is 0.258. The first kappa shape index (κ1) is 31.7. The topological polar surface area (TPSA) is 119 Å². The van der Waals surface area contributed by atoms with Gasteiger partial charge in [0.1, 0.15) is 23.9 Å². The molecule has 41 heavy (non-hydrogen) atoms. The number of allylic oxidation sites excluding steroid dienone is 2. The molecule has 0 aromatic rings. The van der Waals surface area contributed by atoms with Gasteiger partial charge >= 0.3 is 6.09 Å². The second-order valence-electron chi connectivity index (χ2n) is 12.6. The molecule has 2 amide bonds. The molecule has 0 saturated carbocycles. The van der Waals surface area contributed by atoms with E-state index in [1.165, 1.54) is 6.08 Å². The van der Waals surface area contributed by atoms with Crippen LogP contribution in [0.3, 0.4) is 0 Å². The summed E-state index contributed by atoms with van der Waals surface area (Å²) in [6.07, 6.45) is 9.22. The zero-order chi connectivity index (χ0) is 29.8. The van der Waals surface area contributed by atoms with Crippen molar-refractivity contribution in [3.05, 3.63) is 36.0 Å². The molecule has 0 unspecified atom stereocenters. The Balaban J connectivity index is 1.21. The lowest BCUT2D eigenvalue weighted by Crippen LogP contribution is -2.53. The highest BCUT2D eigenvalue weighted by molar-refractivity contribution is 5.87. The van der Waals surface area contributed by atoms with Gasteiger partial charge in [0.2, 0.25) is 5.91 Å². The number of aliphatic hydroxyl groups excluding tert-OH is 1. The number of carbonyl (C=O) groups is 2. The Morgan fingerprint density at radius 1 is 1.20 bits per heavy atom. The lowest BCUT2D eigenvalue weighted by atomic mass is 9.83. The molecular formula is C31H48N2O8. The van der Waals surface area contributed by atoms with Gasteiger partial charge in [0.05, 0.1) is 43.7 Å². The van der Waals surface area contributed by atoms with E-state index in [4.69, 9.17) is 23.7 Å². The number of hydrogen-bond acceptors (Lipinski definition) is 8. The van der Waals surface area contributed by atoms with Crippen molar-refractivity contribution < 1.29 is 38.4 Å². The molecule has 4 aliphatic rings. The van der Waals surface area contributed by atoms with Crippen LogP contribution in [-0.2, 0) is 28.5 Å². The van der Waals surface area contributed by atoms with E-state index in [-0.39, 0.29) is 35.7 Å². The molecule has 8 atom stereocenters. The summed E-state index contributed by atoms with van der Waals surface area (Å²) in [4.78, 5) is 26.4. The minimum Gasteiger partial charge on any atom is -0.442 e. The molecule has 0 radical (unpaired) electrons. The zero-order valence-corrected chi connectivity index (χ0v) is 25.3. The Bertz CT molecular complexity index is 1010. The van der Waals surface area contributed by atoms with Crippen LogP contribution in [0.25, 0.3) is 0 Å². The zero-order valence-electron chi connectivity index (χ0n) is 25.3. The second kappa shape index (κ2) is 13.4. The number of morpholine rings is 1. The molecule has 4 heterocycles. The summed E-state index contributed by atoms with van der Waals surface area (Å²) >= 11 is 0. The maximum atomic E-state index is 12.6. The first-order chi connectivity index (χ1) is 19.4. The van der Waals surface area contributed by atoms with Gasteiger partial charge in [-0.1, -0.05) is 30.7 Å². The molecule has 10 heteroatoms. The van der Waals surface area contributed by atoms with Crippen LogP contribution in [0.2, 0.25) is 0 Å². The van der Waals surface area contributed by atoms with Crippen LogP contribution in [0.1, 0.15) is 60.8 Å². The van der Waals surface area contributed by atoms with Crippen LogP contribution in [-0.4, -0.2) is 103 Å². The number of ether oxygens (including phenoxy) is 5. The summed E-state index contributed by atoms with van der Waals surface area (Å²) < 4.78 is 28.7. The van der Waals surface area contributed by atoms with E-state index >= 15 is 0 Å². The molecule has 4 fully saturated rings. The highest BCUT2D eigenvalue weighted by Gasteiger charge is 2.60. The molecule has 1 spiro atoms. The minimum absolute atomic E-state index is 0.0373. The highest BCUT2D eigenvalue weighted by Crippen LogP contribution is 2.46. The Labute approximate surface area is 244 Å². The standard InChI is InChI=1S/C31H48N2O8/c1-20(8-11-26-28(35)31(19-38-31)18-30(5,6)41-26)7-10-25-21(2)17-24(23(4)40-25)32-27(34)12-9-22(3)39-29(36)33-13-15-37-16-14-33/h7-9,11-12,21-26,28,35H,10,13-19H2,1-6H3,(H,32,34)/b11-8+,12-9+,20-7+/t21-,22-,23+,24+,25-,26+,28+,31+/m0/s1. The molecule has 0 aliphatic carbocycles. The van der Waals surface area contributed by atoms with Crippen molar-refractivity contribution in [3.8, 4) is 0 Å². The summed E-state index contributed by atoms with van der Waals surface area (Å²) in [5.74, 6) is 0.0120. The Morgan fingerprint density at radius 3 is 2.59 bits per heavy atom. The van der Waals surface area contributed by atoms with E-state index in [9.17, 15) is 14.7 Å². The number of epoxide rings is 1. The number of nitrogens with zero attached hydrogens (tertiary/aromatic N) is 1. The molecule has 4 rings (SSSR count). The summed E-state index contributed by atoms with van der Waals surface area (Å²) in [6, 6.07) is -0.111. The molecule has 0 bridgehead atoms. The summed E-state index contributed by atoms with van der Waals surface area (Å²) in [7, 11) is 0. The molecule has 10 nitrogen and oxygen atoms in total. The molecular weight excluding hydrogens is 528 g/mol. The smallest absolute Gasteiger partial charge is 0.410 e. The Hall–Kier alpha value is -2.24. The maximum Gasteiger partial charge on any atom is 0.410 e. The van der Waals surface area contributed by atoms with E-state index in [2.05, 4.69) is 18.3 Å². The Kier molecular flexibility index (Phi) is 10.3. The van der Waals surface area contributed by atoms with E-state index in [1.807, 2.05) is 39.8 Å². The van der Waals surface area contributed by atoms with Gasteiger partial charge in [-0.05, 0) is 59.5 Å². The fourth-order valence-corrected chi connectivity index (χ4v) is 5.91. The van der Waals surface area contributed by atoms with E-state index in [0.717, 1.165) is 18.4 Å². The van der Waals surface area contributed by atoms with Crippen molar-refractivity contribution >= 4 is 12.0 Å². The van der Waals surface area contributed by atoms with Crippen LogP contribution in [0.15, 0.2) is 36.0 Å². The molecule has 2 N–H and O–H groups in total. The lowest BCUT2D eigenvalue weighted by Gasteiger charge is -2.41. The van der Waals surface area contributed by atoms with Crippen molar-refractivity contribution in [2.75, 3.05) is 32.9 Å². The predicted octanol–water partition coefficient (Wildman–Crippen LogP) is 3.29. The van der Waals surface area contributed by atoms with Gasteiger partial charge in [-0.2, -0.15) is 0 Å². The van der Waals surface area contributed by atoms with Crippen LogP contribution in [0.5, 0.6) is 0 Å². The molecule has 4 saturated heterocycles. The third-order valence-electron chi connectivity index (χ3n) is 8.39. The van der Waals surface area contributed by atoms with Gasteiger partial charge in [0.25, 0.3) is 0 Å². The molecule has 0 aromatic carbocycles. The number of aliphatic hydroxyl groups is 1. The van der Waals surface area contributed by atoms with Gasteiger partial charge in [0, 0.05) is 25.6 Å². The first-order valence-electron chi connectivity index (χ1n) is 14.9. The second-order valence-corrected chi connectivity index (χ2v) is 12.6. The van der Waals surface area contributed by atoms with Crippen molar-refractivity contribution in [2.24, 2.45) is 5.92 Å². The van der Waals surface area contributed by atoms with Crippen LogP contribution in [0.4, 0.5) is 4.79 Å². The number of carbonyl (C=O) groups excluding carboxylic acids is 2. The normalized spacial score (nSPS) is 36.5. The van der Waals surface area contributed by atoms with Crippen molar-refractivity contribution in [1.29, 1.82) is 0 Å². The Morgan fingerprint density at radius 2 is 1.90 bits per heavy atom. The third-order valence-corrected chi connectivity index (χ3v) is 8.39. The average Bonchev–Trinajstić information content (AvgIpc) is 3.69. The van der Waals surface area contributed by atoms with Crippen molar-refractivity contribution in [3.63, 3.8) is 0 Å². The van der Waals surface area contributed by atoms with Crippen molar-refractivity contribution in [1.82, 2.24) is 10.2 Å². The van der Waals surface area contributed by atoms with Crippen LogP contribution in [0, 0.1) is 5.92 Å². The first-order valence-corrected chi connectivity index (χ1v) is 14.9.